The summed E-state index contributed by atoms with van der Waals surface area (Å²) in [6, 6.07) is 4.37. The van der Waals surface area contributed by atoms with E-state index in [1.807, 2.05) is 0 Å². The van der Waals surface area contributed by atoms with E-state index in [2.05, 4.69) is 15.9 Å². The number of aliphatic hydroxyl groups is 1. The van der Waals surface area contributed by atoms with Gasteiger partial charge < -0.3 is 10.0 Å². The summed E-state index contributed by atoms with van der Waals surface area (Å²) >= 11 is 3.34. The molecule has 0 aromatic heterocycles. The fraction of sp³-hybridized carbons (Fsp3) is 0.533. The Kier molecular flexibility index (Phi) is 5.16. The van der Waals surface area contributed by atoms with Gasteiger partial charge in [-0.25, -0.2) is 4.39 Å². The van der Waals surface area contributed by atoms with Crippen molar-refractivity contribution < 1.29 is 14.3 Å². The Balaban J connectivity index is 2.02. The van der Waals surface area contributed by atoms with Crippen LogP contribution in [0.15, 0.2) is 22.7 Å². The highest BCUT2D eigenvalue weighted by Gasteiger charge is 2.26. The molecule has 1 N–H and O–H groups in total. The van der Waals surface area contributed by atoms with E-state index in [4.69, 9.17) is 0 Å². The Morgan fingerprint density at radius 2 is 2.35 bits per heavy atom. The van der Waals surface area contributed by atoms with Gasteiger partial charge in [0.25, 0.3) is 0 Å². The number of halogens is 2. The van der Waals surface area contributed by atoms with Crippen LogP contribution in [0.2, 0.25) is 0 Å². The van der Waals surface area contributed by atoms with Crippen molar-refractivity contribution in [3.05, 3.63) is 34.1 Å². The van der Waals surface area contributed by atoms with E-state index in [0.29, 0.717) is 12.1 Å². The molecule has 0 bridgehead atoms. The summed E-state index contributed by atoms with van der Waals surface area (Å²) in [7, 11) is 0. The maximum Gasteiger partial charge on any atom is 0.227 e. The summed E-state index contributed by atoms with van der Waals surface area (Å²) in [5, 5.41) is 9.65. The van der Waals surface area contributed by atoms with Gasteiger partial charge in [0.2, 0.25) is 5.91 Å². The quantitative estimate of drug-likeness (QED) is 0.916. The monoisotopic (exact) mass is 343 g/mol. The topological polar surface area (TPSA) is 40.5 Å². The van der Waals surface area contributed by atoms with Crippen LogP contribution in [0, 0.1) is 11.7 Å². The van der Waals surface area contributed by atoms with Crippen LogP contribution >= 0.6 is 15.9 Å². The van der Waals surface area contributed by atoms with Crippen LogP contribution in [0.3, 0.4) is 0 Å². The second-order valence-corrected chi connectivity index (χ2v) is 6.25. The van der Waals surface area contributed by atoms with Crippen molar-refractivity contribution in [1.82, 2.24) is 4.90 Å². The molecule has 1 aliphatic heterocycles. The van der Waals surface area contributed by atoms with E-state index < -0.39 is 6.10 Å². The van der Waals surface area contributed by atoms with Gasteiger partial charge in [-0.3, -0.25) is 4.79 Å². The van der Waals surface area contributed by atoms with Crippen LogP contribution in [-0.4, -0.2) is 35.1 Å². The van der Waals surface area contributed by atoms with Gasteiger partial charge in [0.05, 0.1) is 12.5 Å². The zero-order valence-corrected chi connectivity index (χ0v) is 13.1. The van der Waals surface area contributed by atoms with Gasteiger partial charge in [-0.1, -0.05) is 15.9 Å². The van der Waals surface area contributed by atoms with Gasteiger partial charge in [-0.15, -0.1) is 0 Å². The average molecular weight is 344 g/mol. The molecule has 1 fully saturated rings. The molecule has 2 unspecified atom stereocenters. The zero-order chi connectivity index (χ0) is 14.7. The molecule has 1 saturated heterocycles. The second-order valence-electron chi connectivity index (χ2n) is 5.40. The molecule has 0 saturated carbocycles. The van der Waals surface area contributed by atoms with E-state index in [1.165, 1.54) is 12.1 Å². The summed E-state index contributed by atoms with van der Waals surface area (Å²) in [6.45, 7) is 3.07. The molecule has 0 aliphatic carbocycles. The van der Waals surface area contributed by atoms with Crippen LogP contribution in [-0.2, 0) is 11.2 Å². The molecule has 5 heteroatoms. The van der Waals surface area contributed by atoms with E-state index in [-0.39, 0.29) is 24.1 Å². The molecule has 2 rings (SSSR count). The van der Waals surface area contributed by atoms with Crippen molar-refractivity contribution in [2.45, 2.75) is 32.3 Å². The number of carbonyl (C=O) groups is 1. The van der Waals surface area contributed by atoms with Crippen molar-refractivity contribution in [1.29, 1.82) is 0 Å². The minimum Gasteiger partial charge on any atom is -0.393 e. The number of rotatable bonds is 3. The Morgan fingerprint density at radius 1 is 1.60 bits per heavy atom. The minimum atomic E-state index is -0.397. The van der Waals surface area contributed by atoms with Crippen molar-refractivity contribution >= 4 is 21.8 Å². The average Bonchev–Trinajstić information content (AvgIpc) is 2.43. The van der Waals surface area contributed by atoms with Gasteiger partial charge >= 0.3 is 0 Å². The molecular formula is C15H19BrFNO2. The lowest BCUT2D eigenvalue weighted by Crippen LogP contribution is -2.43. The predicted octanol–water partition coefficient (Wildman–Crippen LogP) is 2.75. The van der Waals surface area contributed by atoms with Crippen molar-refractivity contribution in [2.75, 3.05) is 13.1 Å². The lowest BCUT2D eigenvalue weighted by Gasteiger charge is -2.34. The Bertz CT molecular complexity index is 493. The molecule has 20 heavy (non-hydrogen) atoms. The normalized spacial score (nSPS) is 20.8. The minimum absolute atomic E-state index is 0.0124. The van der Waals surface area contributed by atoms with Crippen LogP contribution in [0.25, 0.3) is 0 Å². The molecule has 1 aliphatic rings. The summed E-state index contributed by atoms with van der Waals surface area (Å²) in [5.41, 5.74) is 0.661. The van der Waals surface area contributed by atoms with Gasteiger partial charge in [-0.2, -0.15) is 0 Å². The number of nitrogens with zero attached hydrogens (tertiary/aromatic N) is 1. The molecule has 2 atom stereocenters. The van der Waals surface area contributed by atoms with Crippen molar-refractivity contribution in [2.24, 2.45) is 5.92 Å². The Labute approximate surface area is 126 Å². The molecule has 1 heterocycles. The number of hydrogen-bond acceptors (Lipinski definition) is 2. The predicted molar refractivity (Wildman–Crippen MR) is 78.8 cm³/mol. The Hall–Kier alpha value is -0.940. The number of amides is 1. The number of hydrogen-bond donors (Lipinski definition) is 1. The van der Waals surface area contributed by atoms with Gasteiger partial charge in [0, 0.05) is 23.5 Å². The summed E-state index contributed by atoms with van der Waals surface area (Å²) in [4.78, 5) is 14.1. The maximum absolute atomic E-state index is 13.2. The third-order valence-electron chi connectivity index (χ3n) is 3.84. The molecule has 1 amide bonds. The highest BCUT2D eigenvalue weighted by molar-refractivity contribution is 9.10. The molecule has 0 spiro atoms. The number of benzene rings is 1. The number of carbonyl (C=O) groups excluding carboxylic acids is 1. The second kappa shape index (κ2) is 6.68. The summed E-state index contributed by atoms with van der Waals surface area (Å²) < 4.78 is 14.0. The fourth-order valence-corrected chi connectivity index (χ4v) is 2.97. The first-order valence-electron chi connectivity index (χ1n) is 6.87. The molecular weight excluding hydrogens is 325 g/mol. The Morgan fingerprint density at radius 3 is 3.05 bits per heavy atom. The van der Waals surface area contributed by atoms with Gasteiger partial charge in [-0.05, 0) is 43.5 Å². The molecule has 110 valence electrons. The fourth-order valence-electron chi connectivity index (χ4n) is 2.58. The molecule has 0 radical (unpaired) electrons. The number of piperidine rings is 1. The van der Waals surface area contributed by atoms with Crippen molar-refractivity contribution in [3.8, 4) is 0 Å². The number of aliphatic hydroxyl groups excluding tert-OH is 1. The van der Waals surface area contributed by atoms with Crippen LogP contribution < -0.4 is 0 Å². The highest BCUT2D eigenvalue weighted by Crippen LogP contribution is 2.23. The van der Waals surface area contributed by atoms with E-state index >= 15 is 0 Å². The smallest absolute Gasteiger partial charge is 0.227 e. The highest BCUT2D eigenvalue weighted by atomic mass is 79.9. The van der Waals surface area contributed by atoms with Crippen LogP contribution in [0.5, 0.6) is 0 Å². The lowest BCUT2D eigenvalue weighted by atomic mass is 9.93. The van der Waals surface area contributed by atoms with E-state index in [1.54, 1.807) is 17.9 Å². The molecule has 1 aromatic rings. The molecule has 1 aromatic carbocycles. The van der Waals surface area contributed by atoms with Crippen molar-refractivity contribution in [3.63, 3.8) is 0 Å². The van der Waals surface area contributed by atoms with Gasteiger partial charge in [0.15, 0.2) is 0 Å². The first kappa shape index (κ1) is 15.4. The first-order valence-corrected chi connectivity index (χ1v) is 7.66. The summed E-state index contributed by atoms with van der Waals surface area (Å²) in [6.07, 6.45) is 1.65. The lowest BCUT2D eigenvalue weighted by molar-refractivity contribution is -0.133. The van der Waals surface area contributed by atoms with Crippen LogP contribution in [0.4, 0.5) is 4.39 Å². The largest absolute Gasteiger partial charge is 0.393 e. The van der Waals surface area contributed by atoms with E-state index in [9.17, 15) is 14.3 Å². The standard InChI is InChI=1S/C15H19BrFNO2/c1-10(19)11-3-2-6-18(9-11)15(20)8-12-7-13(17)4-5-14(12)16/h4-5,7,10-11,19H,2-3,6,8-9H2,1H3. The van der Waals surface area contributed by atoms with Gasteiger partial charge in [0.1, 0.15) is 5.82 Å². The number of likely N-dealkylation sites (tertiary alicyclic amines) is 1. The maximum atomic E-state index is 13.2. The van der Waals surface area contributed by atoms with E-state index in [0.717, 1.165) is 23.9 Å². The zero-order valence-electron chi connectivity index (χ0n) is 11.5. The molecule has 3 nitrogen and oxygen atoms in total. The summed E-state index contributed by atoms with van der Waals surface area (Å²) in [5.74, 6) is -0.207. The first-order chi connectivity index (χ1) is 9.47. The third-order valence-corrected chi connectivity index (χ3v) is 4.62. The SMILES string of the molecule is CC(O)C1CCCN(C(=O)Cc2cc(F)ccc2Br)C1. The third kappa shape index (κ3) is 3.79. The van der Waals surface area contributed by atoms with Crippen LogP contribution in [0.1, 0.15) is 25.3 Å².